The van der Waals surface area contributed by atoms with E-state index in [0.29, 0.717) is 34.2 Å². The summed E-state index contributed by atoms with van der Waals surface area (Å²) in [5.41, 5.74) is 13.2. The first-order chi connectivity index (χ1) is 33.6. The van der Waals surface area contributed by atoms with Gasteiger partial charge in [-0.25, -0.2) is 15.0 Å². The zero-order chi connectivity index (χ0) is 45.7. The Morgan fingerprint density at radius 1 is 0.309 bits per heavy atom. The molecule has 0 aliphatic carbocycles. The van der Waals surface area contributed by atoms with Crippen molar-refractivity contribution in [1.29, 1.82) is 15.8 Å². The topological polar surface area (TPSA) is 120 Å². The molecule has 8 nitrogen and oxygen atoms in total. The van der Waals surface area contributed by atoms with Crippen LogP contribution >= 0.6 is 0 Å². The predicted molar refractivity (Wildman–Crippen MR) is 270 cm³/mol. The van der Waals surface area contributed by atoms with Crippen LogP contribution in [0.1, 0.15) is 16.7 Å². The average Bonchev–Trinajstić information content (AvgIpc) is 3.92. The Bertz CT molecular complexity index is 4070. The molecule has 3 heterocycles. The van der Waals surface area contributed by atoms with E-state index >= 15 is 0 Å². The van der Waals surface area contributed by atoms with Gasteiger partial charge in [0.15, 0.2) is 17.5 Å². The molecule has 0 unspecified atom stereocenters. The molecule has 8 heteroatoms. The first-order valence-electron chi connectivity index (χ1n) is 22.1. The molecule has 3 aromatic heterocycles. The van der Waals surface area contributed by atoms with E-state index < -0.39 is 0 Å². The molecular formula is C60H34N8. The number of rotatable bonds is 7. The highest BCUT2D eigenvalue weighted by molar-refractivity contribution is 6.12. The summed E-state index contributed by atoms with van der Waals surface area (Å²) >= 11 is 0. The van der Waals surface area contributed by atoms with Crippen LogP contribution in [0.2, 0.25) is 0 Å². The van der Waals surface area contributed by atoms with E-state index in [2.05, 4.69) is 88.0 Å². The third kappa shape index (κ3) is 6.55. The fourth-order valence-corrected chi connectivity index (χ4v) is 9.57. The number of nitriles is 3. The van der Waals surface area contributed by atoms with Crippen molar-refractivity contribution < 1.29 is 0 Å². The molecule has 0 fully saturated rings. The normalized spacial score (nSPS) is 11.2. The van der Waals surface area contributed by atoms with Gasteiger partial charge in [-0.05, 0) is 96.1 Å². The minimum absolute atomic E-state index is 0.500. The van der Waals surface area contributed by atoms with E-state index in [9.17, 15) is 15.8 Å². The molecule has 9 aromatic carbocycles. The molecule has 0 aliphatic rings. The van der Waals surface area contributed by atoms with Crippen LogP contribution in [-0.2, 0) is 0 Å². The van der Waals surface area contributed by atoms with E-state index in [0.717, 1.165) is 93.9 Å². The van der Waals surface area contributed by atoms with Gasteiger partial charge in [-0.2, -0.15) is 15.8 Å². The minimum Gasteiger partial charge on any atom is -0.309 e. The summed E-state index contributed by atoms with van der Waals surface area (Å²) < 4.78 is 4.54. The molecule has 314 valence electrons. The van der Waals surface area contributed by atoms with Crippen LogP contribution in [0.15, 0.2) is 206 Å². The van der Waals surface area contributed by atoms with Crippen molar-refractivity contribution >= 4 is 43.6 Å². The smallest absolute Gasteiger partial charge is 0.164 e. The lowest BCUT2D eigenvalue weighted by Gasteiger charge is -2.21. The van der Waals surface area contributed by atoms with E-state index in [-0.39, 0.29) is 0 Å². The molecule has 12 rings (SSSR count). The van der Waals surface area contributed by atoms with Crippen LogP contribution < -0.4 is 0 Å². The van der Waals surface area contributed by atoms with Crippen LogP contribution in [0.3, 0.4) is 0 Å². The molecule has 0 atom stereocenters. The Labute approximate surface area is 390 Å². The summed E-state index contributed by atoms with van der Waals surface area (Å²) in [6, 6.07) is 75.7. The van der Waals surface area contributed by atoms with E-state index in [1.165, 1.54) is 0 Å². The van der Waals surface area contributed by atoms with Crippen molar-refractivity contribution in [1.82, 2.24) is 24.1 Å². The van der Waals surface area contributed by atoms with Crippen LogP contribution in [0.5, 0.6) is 0 Å². The lowest BCUT2D eigenvalue weighted by molar-refractivity contribution is 1.07. The first kappa shape index (κ1) is 39.6. The van der Waals surface area contributed by atoms with E-state index in [1.54, 1.807) is 0 Å². The van der Waals surface area contributed by atoms with Crippen LogP contribution in [-0.4, -0.2) is 24.1 Å². The van der Waals surface area contributed by atoms with Gasteiger partial charge in [0.25, 0.3) is 0 Å². The summed E-state index contributed by atoms with van der Waals surface area (Å²) in [6.45, 7) is 0. The van der Waals surface area contributed by atoms with Crippen molar-refractivity contribution in [2.45, 2.75) is 0 Å². The molecule has 0 N–H and O–H groups in total. The maximum absolute atomic E-state index is 10.4. The summed E-state index contributed by atoms with van der Waals surface area (Å²) in [5.74, 6) is 1.60. The SMILES string of the molecule is N#Cc1ccc2c(c1)c1ccccc1n2-c1ccc(-c2nc(-c3ccccc3)nc(-c3ccccc3)n2)cc1-c1cc(-c2ccccc2C#N)ccc1-n1c2ccccc2c2cc(C#N)ccc21. The number of hydrogen-bond donors (Lipinski definition) is 0. The maximum atomic E-state index is 10.4. The molecule has 0 saturated heterocycles. The van der Waals surface area contributed by atoms with Crippen molar-refractivity contribution in [3.05, 3.63) is 223 Å². The number of benzene rings is 9. The standard InChI is InChI=1S/C60H34N8/c61-35-38-23-27-54-48(31-38)46-19-9-11-21-52(46)67(54)56-29-25-42(45-18-8-7-17-44(45)37-63)33-50(56)51-34-43(60-65-58(40-13-3-1-4-14-40)64-59(66-60)41-15-5-2-6-16-41)26-30-57(51)68-53-22-12-10-20-47(53)49-32-39(36-62)24-28-55(49)68/h1-34H. The van der Waals surface area contributed by atoms with E-state index in [4.69, 9.17) is 15.0 Å². The summed E-state index contributed by atoms with van der Waals surface area (Å²) in [4.78, 5) is 15.4. The van der Waals surface area contributed by atoms with Crippen LogP contribution in [0.4, 0.5) is 0 Å². The van der Waals surface area contributed by atoms with Gasteiger partial charge in [-0.1, -0.05) is 121 Å². The highest BCUT2D eigenvalue weighted by Crippen LogP contribution is 2.44. The second kappa shape index (κ2) is 16.2. The minimum atomic E-state index is 0.500. The number of hydrogen-bond acceptors (Lipinski definition) is 6. The number of fused-ring (bicyclic) bond motifs is 6. The van der Waals surface area contributed by atoms with Gasteiger partial charge in [0.2, 0.25) is 0 Å². The number of nitrogens with zero attached hydrogens (tertiary/aromatic N) is 8. The van der Waals surface area contributed by atoms with Gasteiger partial charge in [0.05, 0.1) is 68.3 Å². The van der Waals surface area contributed by atoms with Gasteiger partial charge >= 0.3 is 0 Å². The Hall–Kier alpha value is -9.94. The van der Waals surface area contributed by atoms with Crippen molar-refractivity contribution in [2.24, 2.45) is 0 Å². The molecule has 68 heavy (non-hydrogen) atoms. The van der Waals surface area contributed by atoms with Gasteiger partial charge in [0, 0.05) is 49.4 Å². The Kier molecular flexibility index (Phi) is 9.47. The van der Waals surface area contributed by atoms with Gasteiger partial charge in [0.1, 0.15) is 0 Å². The van der Waals surface area contributed by atoms with Crippen molar-refractivity contribution in [3.63, 3.8) is 0 Å². The largest absolute Gasteiger partial charge is 0.309 e. The Morgan fingerprint density at radius 3 is 1.25 bits per heavy atom. The highest BCUT2D eigenvalue weighted by Gasteiger charge is 2.24. The average molecular weight is 867 g/mol. The summed E-state index contributed by atoms with van der Waals surface area (Å²) in [5, 5.41) is 34.5. The predicted octanol–water partition coefficient (Wildman–Crippen LogP) is 14.0. The third-order valence-electron chi connectivity index (χ3n) is 12.7. The van der Waals surface area contributed by atoms with Crippen molar-refractivity contribution in [3.8, 4) is 86.0 Å². The van der Waals surface area contributed by atoms with E-state index in [1.807, 2.05) is 146 Å². The van der Waals surface area contributed by atoms with Gasteiger partial charge in [-0.3, -0.25) is 0 Å². The fraction of sp³-hybridized carbons (Fsp3) is 0. The Morgan fingerprint density at radius 2 is 0.735 bits per heavy atom. The quantitative estimate of drug-likeness (QED) is 0.157. The van der Waals surface area contributed by atoms with Crippen LogP contribution in [0.25, 0.3) is 111 Å². The number of aromatic nitrogens is 5. The van der Waals surface area contributed by atoms with Gasteiger partial charge < -0.3 is 9.13 Å². The fourth-order valence-electron chi connectivity index (χ4n) is 9.57. The molecule has 0 amide bonds. The molecule has 0 saturated carbocycles. The monoisotopic (exact) mass is 866 g/mol. The number of para-hydroxylation sites is 2. The second-order valence-corrected chi connectivity index (χ2v) is 16.6. The molecule has 0 radical (unpaired) electrons. The zero-order valence-corrected chi connectivity index (χ0v) is 36.2. The molecule has 12 aromatic rings. The summed E-state index contributed by atoms with van der Waals surface area (Å²) in [7, 11) is 0. The highest BCUT2D eigenvalue weighted by atomic mass is 15.0. The molecule has 0 spiro atoms. The lowest BCUT2D eigenvalue weighted by Crippen LogP contribution is -2.04. The summed E-state index contributed by atoms with van der Waals surface area (Å²) in [6.07, 6.45) is 0. The first-order valence-corrected chi connectivity index (χ1v) is 22.1. The molecule has 0 aliphatic heterocycles. The molecule has 0 bridgehead atoms. The van der Waals surface area contributed by atoms with Gasteiger partial charge in [-0.15, -0.1) is 0 Å². The van der Waals surface area contributed by atoms with Crippen molar-refractivity contribution in [2.75, 3.05) is 0 Å². The lowest BCUT2D eigenvalue weighted by atomic mass is 9.93. The third-order valence-corrected chi connectivity index (χ3v) is 12.7. The maximum Gasteiger partial charge on any atom is 0.164 e. The second-order valence-electron chi connectivity index (χ2n) is 16.6. The Balaban J connectivity index is 1.22. The molecular weight excluding hydrogens is 833 g/mol. The zero-order valence-electron chi connectivity index (χ0n) is 36.2. The van der Waals surface area contributed by atoms with Crippen LogP contribution in [0, 0.1) is 34.0 Å².